The van der Waals surface area contributed by atoms with Crippen molar-refractivity contribution in [3.63, 3.8) is 0 Å². The van der Waals surface area contributed by atoms with Crippen LogP contribution in [0.4, 0.5) is 0 Å². The Morgan fingerprint density at radius 3 is 2.41 bits per heavy atom. The highest BCUT2D eigenvalue weighted by atomic mass is 32.2. The van der Waals surface area contributed by atoms with E-state index in [1.165, 1.54) is 6.08 Å². The summed E-state index contributed by atoms with van der Waals surface area (Å²) in [6.45, 7) is -0.724. The predicted octanol–water partition coefficient (Wildman–Crippen LogP) is -2.56. The monoisotopic (exact) mass is 332 g/mol. The third-order valence-corrected chi connectivity index (χ3v) is 3.78. The summed E-state index contributed by atoms with van der Waals surface area (Å²) < 4.78 is 0. The van der Waals surface area contributed by atoms with Crippen molar-refractivity contribution in [3.05, 3.63) is 32.5 Å². The van der Waals surface area contributed by atoms with Crippen molar-refractivity contribution in [1.82, 2.24) is 9.97 Å². The van der Waals surface area contributed by atoms with Gasteiger partial charge in [0.15, 0.2) is 0 Å². The van der Waals surface area contributed by atoms with Crippen molar-refractivity contribution in [2.75, 3.05) is 12.4 Å². The Morgan fingerprint density at radius 1 is 1.14 bits per heavy atom. The molecule has 0 radical (unpaired) electrons. The van der Waals surface area contributed by atoms with Crippen molar-refractivity contribution in [1.29, 1.82) is 0 Å². The van der Waals surface area contributed by atoms with Crippen LogP contribution in [-0.2, 0) is 4.79 Å². The molecule has 0 aliphatic heterocycles. The number of carbonyl (C=O) groups excluding carboxylic acids is 1. The summed E-state index contributed by atoms with van der Waals surface area (Å²) in [5, 5.41) is 37.2. The van der Waals surface area contributed by atoms with Gasteiger partial charge < -0.3 is 25.4 Å². The molecule has 0 aliphatic rings. The smallest absolute Gasteiger partial charge is 0.326 e. The quantitative estimate of drug-likeness (QED) is 0.131. The number of aliphatic hydroxyl groups is 4. The molecule has 10 heteroatoms. The molecular formula is C12H16N2O7S. The van der Waals surface area contributed by atoms with Crippen LogP contribution in [-0.4, -0.2) is 67.4 Å². The molecule has 0 saturated carbocycles. The fourth-order valence-electron chi connectivity index (χ4n) is 1.51. The summed E-state index contributed by atoms with van der Waals surface area (Å²) in [7, 11) is 0. The van der Waals surface area contributed by atoms with Crippen LogP contribution in [0.5, 0.6) is 0 Å². The Balaban J connectivity index is 2.93. The SMILES string of the molecule is O=CC=Cc1c(SCC(O)C(O)C(O)CO)[nH]c(=O)[nH]c1=O. The van der Waals surface area contributed by atoms with E-state index in [0.29, 0.717) is 6.29 Å². The van der Waals surface area contributed by atoms with Crippen LogP contribution in [0.1, 0.15) is 5.56 Å². The van der Waals surface area contributed by atoms with Crippen LogP contribution in [0, 0.1) is 0 Å². The second kappa shape index (κ2) is 8.66. The molecule has 1 aromatic rings. The van der Waals surface area contributed by atoms with Gasteiger partial charge in [0.1, 0.15) is 18.5 Å². The molecule has 9 nitrogen and oxygen atoms in total. The van der Waals surface area contributed by atoms with Crippen LogP contribution >= 0.6 is 11.8 Å². The lowest BCUT2D eigenvalue weighted by Crippen LogP contribution is -2.40. The van der Waals surface area contributed by atoms with E-state index in [1.807, 2.05) is 4.98 Å². The third-order valence-electron chi connectivity index (χ3n) is 2.66. The Hall–Kier alpha value is -1.72. The first kappa shape index (κ1) is 18.3. The van der Waals surface area contributed by atoms with Crippen LogP contribution in [0.15, 0.2) is 20.7 Å². The van der Waals surface area contributed by atoms with Crippen LogP contribution in [0.3, 0.4) is 0 Å². The molecule has 1 heterocycles. The topological polar surface area (TPSA) is 164 Å². The van der Waals surface area contributed by atoms with Gasteiger partial charge in [0.05, 0.1) is 23.3 Å². The zero-order valence-corrected chi connectivity index (χ0v) is 12.1. The molecule has 22 heavy (non-hydrogen) atoms. The fraction of sp³-hybridized carbons (Fsp3) is 0.417. The molecule has 3 atom stereocenters. The third kappa shape index (κ3) is 4.93. The predicted molar refractivity (Wildman–Crippen MR) is 78.6 cm³/mol. The van der Waals surface area contributed by atoms with E-state index in [2.05, 4.69) is 4.98 Å². The Kier molecular flexibility index (Phi) is 7.21. The van der Waals surface area contributed by atoms with Gasteiger partial charge in [-0.15, -0.1) is 11.8 Å². The molecule has 0 aromatic carbocycles. The zero-order valence-electron chi connectivity index (χ0n) is 11.3. The normalized spacial score (nSPS) is 15.6. The van der Waals surface area contributed by atoms with Crippen molar-refractivity contribution >= 4 is 24.1 Å². The van der Waals surface area contributed by atoms with Gasteiger partial charge in [-0.05, 0) is 12.2 Å². The molecule has 0 saturated heterocycles. The zero-order chi connectivity index (χ0) is 16.7. The second-order valence-electron chi connectivity index (χ2n) is 4.27. The lowest BCUT2D eigenvalue weighted by atomic mass is 10.1. The first-order valence-electron chi connectivity index (χ1n) is 6.17. The van der Waals surface area contributed by atoms with Gasteiger partial charge in [0.25, 0.3) is 5.56 Å². The number of carbonyl (C=O) groups is 1. The van der Waals surface area contributed by atoms with Gasteiger partial charge in [-0.25, -0.2) is 4.79 Å². The summed E-state index contributed by atoms with van der Waals surface area (Å²) in [5.41, 5.74) is -1.46. The summed E-state index contributed by atoms with van der Waals surface area (Å²) in [5.74, 6) is -0.167. The van der Waals surface area contributed by atoms with E-state index in [4.69, 9.17) is 5.11 Å². The molecular weight excluding hydrogens is 316 g/mol. The maximum atomic E-state index is 11.7. The maximum absolute atomic E-state index is 11.7. The minimum absolute atomic E-state index is 0.0149. The van der Waals surface area contributed by atoms with Gasteiger partial charge in [0, 0.05) is 5.75 Å². The average Bonchev–Trinajstić information content (AvgIpc) is 2.49. The van der Waals surface area contributed by atoms with Crippen LogP contribution < -0.4 is 11.2 Å². The molecule has 1 rings (SSSR count). The summed E-state index contributed by atoms with van der Waals surface area (Å²) in [4.78, 5) is 37.6. The van der Waals surface area contributed by atoms with Gasteiger partial charge >= 0.3 is 5.69 Å². The number of hydrogen-bond acceptors (Lipinski definition) is 8. The number of aromatic nitrogens is 2. The number of H-pyrrole nitrogens is 2. The largest absolute Gasteiger partial charge is 0.394 e. The van der Waals surface area contributed by atoms with E-state index in [-0.39, 0.29) is 16.3 Å². The van der Waals surface area contributed by atoms with E-state index >= 15 is 0 Å². The van der Waals surface area contributed by atoms with E-state index < -0.39 is 36.2 Å². The molecule has 0 bridgehead atoms. The van der Waals surface area contributed by atoms with Crippen LogP contribution in [0.2, 0.25) is 0 Å². The fourth-order valence-corrected chi connectivity index (χ4v) is 2.52. The number of thioether (sulfide) groups is 1. The average molecular weight is 332 g/mol. The molecule has 0 fully saturated rings. The number of aromatic amines is 2. The van der Waals surface area contributed by atoms with Crippen molar-refractivity contribution < 1.29 is 25.2 Å². The van der Waals surface area contributed by atoms with Gasteiger partial charge in [-0.1, -0.05) is 0 Å². The van der Waals surface area contributed by atoms with Gasteiger partial charge in [0.2, 0.25) is 0 Å². The molecule has 0 aliphatic carbocycles. The molecule has 1 aromatic heterocycles. The number of nitrogens with one attached hydrogen (secondary N) is 2. The van der Waals surface area contributed by atoms with Crippen molar-refractivity contribution in [3.8, 4) is 0 Å². The first-order chi connectivity index (χ1) is 10.4. The number of aldehydes is 1. The van der Waals surface area contributed by atoms with Gasteiger partial charge in [-0.3, -0.25) is 14.6 Å². The Labute approximate surface area is 128 Å². The van der Waals surface area contributed by atoms with Gasteiger partial charge in [-0.2, -0.15) is 0 Å². The van der Waals surface area contributed by atoms with Crippen molar-refractivity contribution in [2.45, 2.75) is 23.3 Å². The standard InChI is InChI=1S/C12H16N2O7S/c15-3-1-2-6-10(20)13-12(21)14-11(6)22-5-8(18)9(19)7(17)4-16/h1-3,7-9,16-19H,4-5H2,(H2,13,14,20,21). The van der Waals surface area contributed by atoms with Crippen LogP contribution in [0.25, 0.3) is 6.08 Å². The summed E-state index contributed by atoms with van der Waals surface area (Å²) >= 11 is 0.845. The van der Waals surface area contributed by atoms with E-state index in [0.717, 1.165) is 17.8 Å². The van der Waals surface area contributed by atoms with Crippen molar-refractivity contribution in [2.24, 2.45) is 0 Å². The molecule has 0 spiro atoms. The maximum Gasteiger partial charge on any atom is 0.326 e. The highest BCUT2D eigenvalue weighted by molar-refractivity contribution is 7.99. The van der Waals surface area contributed by atoms with E-state index in [9.17, 15) is 29.7 Å². The number of aliphatic hydroxyl groups excluding tert-OH is 4. The molecule has 122 valence electrons. The Morgan fingerprint density at radius 2 is 1.82 bits per heavy atom. The minimum atomic E-state index is -1.58. The highest BCUT2D eigenvalue weighted by Gasteiger charge is 2.24. The summed E-state index contributed by atoms with van der Waals surface area (Å²) in [6, 6.07) is 0. The summed E-state index contributed by atoms with van der Waals surface area (Å²) in [6.07, 6.45) is -1.79. The second-order valence-corrected chi connectivity index (χ2v) is 5.30. The van der Waals surface area contributed by atoms with E-state index in [1.54, 1.807) is 0 Å². The minimum Gasteiger partial charge on any atom is -0.394 e. The first-order valence-corrected chi connectivity index (χ1v) is 7.15. The number of hydrogen-bond donors (Lipinski definition) is 6. The number of rotatable bonds is 8. The lowest BCUT2D eigenvalue weighted by molar-refractivity contribution is -0.104. The Bertz CT molecular complexity index is 639. The molecule has 3 unspecified atom stereocenters. The molecule has 0 amide bonds. The highest BCUT2D eigenvalue weighted by Crippen LogP contribution is 2.20. The number of allylic oxidation sites excluding steroid dienone is 1. The molecule has 6 N–H and O–H groups in total. The lowest BCUT2D eigenvalue weighted by Gasteiger charge is -2.21.